The van der Waals surface area contributed by atoms with E-state index in [1.165, 1.54) is 32.2 Å². The second-order valence-electron chi connectivity index (χ2n) is 8.71. The molecule has 0 aliphatic carbocycles. The number of aromatic nitrogens is 2. The quantitative estimate of drug-likeness (QED) is 0.774. The van der Waals surface area contributed by atoms with Crippen LogP contribution in [0.2, 0.25) is 0 Å². The number of benzene rings is 1. The topological polar surface area (TPSA) is 44.6 Å². The van der Waals surface area contributed by atoms with Crippen LogP contribution in [0.25, 0.3) is 11.0 Å². The van der Waals surface area contributed by atoms with Gasteiger partial charge in [0.1, 0.15) is 0 Å². The van der Waals surface area contributed by atoms with Crippen LogP contribution in [-0.4, -0.2) is 71.1 Å². The highest BCUT2D eigenvalue weighted by Crippen LogP contribution is 2.26. The standard InChI is InChI=1S/C23H35N5O/c1-4-12-27-13-7-8-19(11-16-27)25(2)22(29)18-9-10-21-20(17-18)24-23(26(21)3)28-14-5-6-15-28/h9-10,17,19H,4-8,11-16H2,1-3H3. The molecule has 29 heavy (non-hydrogen) atoms. The molecule has 0 saturated carbocycles. The third-order valence-electron chi connectivity index (χ3n) is 6.69. The van der Waals surface area contributed by atoms with Crippen LogP contribution < -0.4 is 4.90 Å². The number of anilines is 1. The number of carbonyl (C=O) groups is 1. The van der Waals surface area contributed by atoms with Crippen molar-refractivity contribution in [2.75, 3.05) is 44.7 Å². The summed E-state index contributed by atoms with van der Waals surface area (Å²) in [7, 11) is 4.05. The van der Waals surface area contributed by atoms with Gasteiger partial charge in [0.15, 0.2) is 0 Å². The number of amides is 1. The maximum Gasteiger partial charge on any atom is 0.253 e. The number of likely N-dealkylation sites (tertiary alicyclic amines) is 1. The molecule has 2 aliphatic rings. The zero-order valence-electron chi connectivity index (χ0n) is 18.2. The van der Waals surface area contributed by atoms with Gasteiger partial charge >= 0.3 is 0 Å². The van der Waals surface area contributed by atoms with Crippen LogP contribution in [-0.2, 0) is 7.05 Å². The number of imidazole rings is 1. The second kappa shape index (κ2) is 8.74. The van der Waals surface area contributed by atoms with E-state index in [4.69, 9.17) is 4.98 Å². The summed E-state index contributed by atoms with van der Waals surface area (Å²) in [4.78, 5) is 24.9. The van der Waals surface area contributed by atoms with Gasteiger partial charge in [0.25, 0.3) is 5.91 Å². The smallest absolute Gasteiger partial charge is 0.253 e. The van der Waals surface area contributed by atoms with Gasteiger partial charge in [0.2, 0.25) is 5.95 Å². The number of nitrogens with zero attached hydrogens (tertiary/aromatic N) is 5. The maximum absolute atomic E-state index is 13.2. The zero-order valence-corrected chi connectivity index (χ0v) is 18.2. The lowest BCUT2D eigenvalue weighted by Crippen LogP contribution is -2.37. The number of aryl methyl sites for hydroxylation is 1. The van der Waals surface area contributed by atoms with Crippen molar-refractivity contribution in [1.29, 1.82) is 0 Å². The Hall–Kier alpha value is -2.08. The third-order valence-corrected chi connectivity index (χ3v) is 6.69. The van der Waals surface area contributed by atoms with E-state index in [1.807, 2.05) is 24.1 Å². The van der Waals surface area contributed by atoms with Gasteiger partial charge in [-0.2, -0.15) is 0 Å². The largest absolute Gasteiger partial charge is 0.342 e. The summed E-state index contributed by atoms with van der Waals surface area (Å²) in [6.07, 6.45) is 6.98. The Balaban J connectivity index is 1.50. The lowest BCUT2D eigenvalue weighted by Gasteiger charge is -2.27. The van der Waals surface area contributed by atoms with Gasteiger partial charge in [-0.25, -0.2) is 4.98 Å². The van der Waals surface area contributed by atoms with Gasteiger partial charge in [-0.3, -0.25) is 4.79 Å². The van der Waals surface area contributed by atoms with E-state index in [0.717, 1.165) is 61.6 Å². The van der Waals surface area contributed by atoms with Crippen molar-refractivity contribution in [3.05, 3.63) is 23.8 Å². The van der Waals surface area contributed by atoms with Gasteiger partial charge in [0.05, 0.1) is 11.0 Å². The molecule has 6 heteroatoms. The molecule has 2 aliphatic heterocycles. The zero-order chi connectivity index (χ0) is 20.4. The van der Waals surface area contributed by atoms with Gasteiger partial charge in [-0.15, -0.1) is 0 Å². The monoisotopic (exact) mass is 397 g/mol. The molecule has 2 fully saturated rings. The first-order valence-corrected chi connectivity index (χ1v) is 11.3. The Morgan fingerprint density at radius 2 is 1.93 bits per heavy atom. The molecule has 0 N–H and O–H groups in total. The highest BCUT2D eigenvalue weighted by atomic mass is 16.2. The van der Waals surface area contributed by atoms with Gasteiger partial charge in [0, 0.05) is 45.3 Å². The number of hydrogen-bond donors (Lipinski definition) is 0. The summed E-state index contributed by atoms with van der Waals surface area (Å²) in [6, 6.07) is 6.33. The first-order chi connectivity index (χ1) is 14.1. The average molecular weight is 398 g/mol. The Bertz CT molecular complexity index is 854. The molecule has 6 nitrogen and oxygen atoms in total. The van der Waals surface area contributed by atoms with E-state index in [2.05, 4.69) is 34.4 Å². The minimum atomic E-state index is 0.120. The normalized spacial score (nSPS) is 20.9. The van der Waals surface area contributed by atoms with Crippen LogP contribution in [0.4, 0.5) is 5.95 Å². The molecule has 0 spiro atoms. The van der Waals surface area contributed by atoms with Crippen LogP contribution in [0.15, 0.2) is 18.2 Å². The minimum Gasteiger partial charge on any atom is -0.342 e. The van der Waals surface area contributed by atoms with E-state index < -0.39 is 0 Å². The fourth-order valence-electron chi connectivity index (χ4n) is 4.95. The molecule has 1 aromatic heterocycles. The molecule has 0 radical (unpaired) electrons. The Labute approximate surface area is 174 Å². The third kappa shape index (κ3) is 4.13. The predicted molar refractivity (Wildman–Crippen MR) is 119 cm³/mol. The molecule has 158 valence electrons. The van der Waals surface area contributed by atoms with E-state index in [9.17, 15) is 4.79 Å². The maximum atomic E-state index is 13.2. The summed E-state index contributed by atoms with van der Waals surface area (Å²) >= 11 is 0. The Morgan fingerprint density at radius 1 is 1.14 bits per heavy atom. The van der Waals surface area contributed by atoms with E-state index in [-0.39, 0.29) is 5.91 Å². The molecule has 1 unspecified atom stereocenters. The van der Waals surface area contributed by atoms with Gasteiger partial charge < -0.3 is 19.3 Å². The van der Waals surface area contributed by atoms with Crippen molar-refractivity contribution in [3.8, 4) is 0 Å². The molecule has 0 bridgehead atoms. The fraction of sp³-hybridized carbons (Fsp3) is 0.652. The van der Waals surface area contributed by atoms with Crippen molar-refractivity contribution in [1.82, 2.24) is 19.4 Å². The molecule has 2 saturated heterocycles. The van der Waals surface area contributed by atoms with Crippen LogP contribution in [0, 0.1) is 0 Å². The fourth-order valence-corrected chi connectivity index (χ4v) is 4.95. The number of rotatable bonds is 5. The summed E-state index contributed by atoms with van der Waals surface area (Å²) in [5.74, 6) is 1.14. The van der Waals surface area contributed by atoms with Gasteiger partial charge in [-0.1, -0.05) is 6.92 Å². The minimum absolute atomic E-state index is 0.120. The first-order valence-electron chi connectivity index (χ1n) is 11.3. The Morgan fingerprint density at radius 3 is 2.69 bits per heavy atom. The number of fused-ring (bicyclic) bond motifs is 1. The van der Waals surface area contributed by atoms with E-state index in [0.29, 0.717) is 6.04 Å². The lowest BCUT2D eigenvalue weighted by molar-refractivity contribution is 0.0718. The molecule has 4 rings (SSSR count). The highest BCUT2D eigenvalue weighted by Gasteiger charge is 2.25. The van der Waals surface area contributed by atoms with Crippen molar-refractivity contribution in [3.63, 3.8) is 0 Å². The second-order valence-corrected chi connectivity index (χ2v) is 8.71. The van der Waals surface area contributed by atoms with E-state index in [1.54, 1.807) is 0 Å². The molecule has 1 aromatic carbocycles. The first kappa shape index (κ1) is 20.2. The molecule has 3 heterocycles. The highest BCUT2D eigenvalue weighted by molar-refractivity contribution is 5.97. The van der Waals surface area contributed by atoms with Crippen LogP contribution in [0.1, 0.15) is 55.8 Å². The predicted octanol–water partition coefficient (Wildman–Crippen LogP) is 3.51. The summed E-state index contributed by atoms with van der Waals surface area (Å²) in [5.41, 5.74) is 2.76. The average Bonchev–Trinajstić information content (AvgIpc) is 3.30. The molecular formula is C23H35N5O. The molecule has 1 amide bonds. The summed E-state index contributed by atoms with van der Waals surface area (Å²) < 4.78 is 2.16. The lowest BCUT2D eigenvalue weighted by atomic mass is 10.1. The van der Waals surface area contributed by atoms with Crippen molar-refractivity contribution in [2.45, 2.75) is 51.5 Å². The van der Waals surface area contributed by atoms with Crippen LogP contribution in [0.5, 0.6) is 0 Å². The SMILES string of the molecule is CCCN1CCCC(N(C)C(=O)c2ccc3c(c2)nc(N2CCCC2)n3C)CC1. The summed E-state index contributed by atoms with van der Waals surface area (Å²) in [5, 5.41) is 0. The Kier molecular flexibility index (Phi) is 6.09. The van der Waals surface area contributed by atoms with Crippen LogP contribution in [0.3, 0.4) is 0 Å². The number of hydrogen-bond acceptors (Lipinski definition) is 4. The molecular weight excluding hydrogens is 362 g/mol. The molecule has 2 aromatic rings. The van der Waals surface area contributed by atoms with Crippen molar-refractivity contribution in [2.24, 2.45) is 7.05 Å². The van der Waals surface area contributed by atoms with Gasteiger partial charge in [-0.05, 0) is 69.8 Å². The van der Waals surface area contributed by atoms with Crippen LogP contribution >= 0.6 is 0 Å². The van der Waals surface area contributed by atoms with Crippen molar-refractivity contribution >= 4 is 22.9 Å². The molecule has 1 atom stereocenters. The van der Waals surface area contributed by atoms with Crippen molar-refractivity contribution < 1.29 is 4.79 Å². The van der Waals surface area contributed by atoms with E-state index >= 15 is 0 Å². The number of carbonyl (C=O) groups excluding carboxylic acids is 1. The summed E-state index contributed by atoms with van der Waals surface area (Å²) in [6.45, 7) is 7.80.